The summed E-state index contributed by atoms with van der Waals surface area (Å²) >= 11 is 0. The number of hydrogen-bond acceptors (Lipinski definition) is 1. The van der Waals surface area contributed by atoms with Crippen LogP contribution in [0.1, 0.15) is 324 Å². The third-order valence-electron chi connectivity index (χ3n) is 12.5. The number of ether oxygens (including phenoxy) is 1. The summed E-state index contributed by atoms with van der Waals surface area (Å²) in [4.78, 5) is 0. The van der Waals surface area contributed by atoms with E-state index in [9.17, 15) is 8.78 Å². The van der Waals surface area contributed by atoms with Gasteiger partial charge in [-0.3, -0.25) is 0 Å². The number of halogens is 2. The Bertz CT molecular complexity index is 909. The van der Waals surface area contributed by atoms with E-state index < -0.39 is 6.43 Å². The van der Waals surface area contributed by atoms with E-state index in [1.54, 1.807) is 0 Å². The Labute approximate surface area is 432 Å². The van der Waals surface area contributed by atoms with Crippen molar-refractivity contribution in [1.29, 1.82) is 0 Å². The van der Waals surface area contributed by atoms with Gasteiger partial charge in [0, 0.05) is 5.41 Å². The number of rotatable bonds is 9. The van der Waals surface area contributed by atoms with Gasteiger partial charge in [-0.1, -0.05) is 335 Å². The molecule has 1 heterocycles. The van der Waals surface area contributed by atoms with Crippen LogP contribution in [-0.4, -0.2) is 19.6 Å². The van der Waals surface area contributed by atoms with E-state index in [4.69, 9.17) is 4.74 Å². The van der Waals surface area contributed by atoms with Gasteiger partial charge in [-0.15, -0.1) is 0 Å². The molecule has 6 aliphatic rings. The Kier molecular flexibility index (Phi) is 73.9. The van der Waals surface area contributed by atoms with E-state index in [2.05, 4.69) is 156 Å². The molecule has 1 aromatic carbocycles. The molecule has 0 bridgehead atoms. The first-order valence-electron chi connectivity index (χ1n) is 30.3. The molecular weight excluding hydrogens is 835 g/mol. The number of unbranched alkanes of at least 4 members (excludes halogenated alkanes) is 3. The molecule has 0 aromatic heterocycles. The SMILES string of the molecule is CC(C)C.CC(F)F.CC1CC1.CCC.CCC.CCC1(C)COC1.CCC1CC1.CCC1CCC1.CCC1CCCC1.CCC1CCCCC1.CCCC.CCCCC.CCc1ccccc1. The quantitative estimate of drug-likeness (QED) is 0.240. The zero-order valence-electron chi connectivity index (χ0n) is 51.0. The first-order valence-corrected chi connectivity index (χ1v) is 30.3. The molecule has 0 radical (unpaired) electrons. The average molecular weight is 970 g/mol. The van der Waals surface area contributed by atoms with Gasteiger partial charge < -0.3 is 4.74 Å². The van der Waals surface area contributed by atoms with Crippen molar-refractivity contribution >= 4 is 0 Å². The topological polar surface area (TPSA) is 9.23 Å². The van der Waals surface area contributed by atoms with Crippen LogP contribution in [0.4, 0.5) is 8.78 Å². The highest BCUT2D eigenvalue weighted by Crippen LogP contribution is 2.32. The van der Waals surface area contributed by atoms with Crippen LogP contribution >= 0.6 is 0 Å². The van der Waals surface area contributed by atoms with Crippen molar-refractivity contribution in [1.82, 2.24) is 0 Å². The van der Waals surface area contributed by atoms with Gasteiger partial charge in [0.25, 0.3) is 0 Å². The molecule has 68 heavy (non-hydrogen) atoms. The van der Waals surface area contributed by atoms with E-state index >= 15 is 0 Å². The molecule has 0 unspecified atom stereocenters. The minimum atomic E-state index is -2.17. The Hall–Kier alpha value is -0.960. The normalized spacial score (nSPS) is 17.0. The Balaban J connectivity index is -0.000000155. The molecule has 5 saturated carbocycles. The third-order valence-corrected chi connectivity index (χ3v) is 12.5. The lowest BCUT2D eigenvalue weighted by Gasteiger charge is -2.36. The zero-order chi connectivity index (χ0) is 53.3. The van der Waals surface area contributed by atoms with Crippen LogP contribution in [0.2, 0.25) is 0 Å². The van der Waals surface area contributed by atoms with E-state index in [0.29, 0.717) is 5.41 Å². The van der Waals surface area contributed by atoms with Crippen LogP contribution in [0.5, 0.6) is 0 Å². The second kappa shape index (κ2) is 64.1. The van der Waals surface area contributed by atoms with Crippen LogP contribution in [0.25, 0.3) is 0 Å². The Morgan fingerprint density at radius 2 is 0.779 bits per heavy atom. The van der Waals surface area contributed by atoms with E-state index in [1.807, 2.05) is 6.07 Å². The van der Waals surface area contributed by atoms with E-state index in [0.717, 1.165) is 62.1 Å². The fourth-order valence-corrected chi connectivity index (χ4v) is 6.33. The molecule has 1 aliphatic heterocycles. The largest absolute Gasteiger partial charge is 0.380 e. The van der Waals surface area contributed by atoms with Gasteiger partial charge >= 0.3 is 0 Å². The van der Waals surface area contributed by atoms with Crippen molar-refractivity contribution in [3.05, 3.63) is 35.9 Å². The van der Waals surface area contributed by atoms with Crippen LogP contribution < -0.4 is 0 Å². The summed E-state index contributed by atoms with van der Waals surface area (Å²) in [5.41, 5.74) is 1.95. The van der Waals surface area contributed by atoms with Gasteiger partial charge in [0.1, 0.15) is 0 Å². The lowest BCUT2D eigenvalue weighted by molar-refractivity contribution is -0.103. The summed E-state index contributed by atoms with van der Waals surface area (Å²) in [6.45, 7) is 44.6. The second-order valence-corrected chi connectivity index (χ2v) is 21.7. The standard InChI is InChI=1S/C8H16.C8H10.C7H14.C6H12O.C6H12.C5H10.C5H12.C4H8.2C4H10.2C3H8.C2H4F2/c2*1-2-8-6-4-3-5-7-8;1-2-7-5-3-4-6-7;1-3-6(2)4-7-5-6;1-2-6-4-3-5-6;1-2-5-3-4-5;1-3-5-4-2;1-4-2-3-4;1-4(2)3;1-3-4-2;2*1-3-2;1-2(3)4/h8H,2-7H2,1H3;3-7H,2H2,1H3;7H,2-6H2,1H3;3-5H2,1-2H3;6H,2-5H2,1H3;5H,2-4H2,1H3;3-5H2,1-2H3;4H,2-3H2,1H3;4H,1-3H3;3-4H2,1-2H3;2*3H2,1-2H3;2H,1H3. The van der Waals surface area contributed by atoms with Crippen LogP contribution in [-0.2, 0) is 11.2 Å². The second-order valence-electron chi connectivity index (χ2n) is 21.7. The summed E-state index contributed by atoms with van der Waals surface area (Å²) < 4.78 is 25.7. The summed E-state index contributed by atoms with van der Waals surface area (Å²) in [6, 6.07) is 10.5. The molecular formula is C65H134F2O. The van der Waals surface area contributed by atoms with E-state index in [-0.39, 0.29) is 0 Å². The first-order chi connectivity index (χ1) is 32.4. The van der Waals surface area contributed by atoms with Crippen LogP contribution in [0, 0.1) is 40.9 Å². The van der Waals surface area contributed by atoms with Crippen molar-refractivity contribution in [2.45, 2.75) is 331 Å². The summed E-state index contributed by atoms with van der Waals surface area (Å²) in [6.07, 6.45) is 39.2. The van der Waals surface area contributed by atoms with Gasteiger partial charge in [-0.2, -0.15) is 0 Å². The lowest BCUT2D eigenvalue weighted by Crippen LogP contribution is -2.38. The predicted octanol–water partition coefficient (Wildman–Crippen LogP) is 24.4. The zero-order valence-corrected chi connectivity index (χ0v) is 51.0. The van der Waals surface area contributed by atoms with Gasteiger partial charge in [-0.25, -0.2) is 8.78 Å². The maximum atomic E-state index is 10.3. The number of benzene rings is 1. The summed E-state index contributed by atoms with van der Waals surface area (Å²) in [7, 11) is 0. The minimum absolute atomic E-state index is 0.542. The molecule has 1 saturated heterocycles. The van der Waals surface area contributed by atoms with Crippen LogP contribution in [0.3, 0.4) is 0 Å². The van der Waals surface area contributed by atoms with Crippen LogP contribution in [0.15, 0.2) is 30.3 Å². The molecule has 0 atom stereocenters. The third kappa shape index (κ3) is 79.2. The Morgan fingerprint density at radius 3 is 0.882 bits per heavy atom. The molecule has 0 amide bonds. The molecule has 3 heteroatoms. The van der Waals surface area contributed by atoms with E-state index in [1.165, 1.54) is 185 Å². The lowest BCUT2D eigenvalue weighted by atomic mass is 9.84. The average Bonchev–Trinajstić information content (AvgIpc) is 4.25. The molecule has 7 rings (SSSR count). The van der Waals surface area contributed by atoms with Crippen molar-refractivity contribution in [2.24, 2.45) is 40.9 Å². The number of hydrogen-bond donors (Lipinski definition) is 0. The maximum absolute atomic E-state index is 10.3. The highest BCUT2D eigenvalue weighted by atomic mass is 19.3. The van der Waals surface area contributed by atoms with Gasteiger partial charge in [0.2, 0.25) is 6.43 Å². The Morgan fingerprint density at radius 1 is 0.485 bits per heavy atom. The monoisotopic (exact) mass is 969 g/mol. The van der Waals surface area contributed by atoms with Crippen molar-refractivity contribution in [3.63, 3.8) is 0 Å². The van der Waals surface area contributed by atoms with Gasteiger partial charge in [0.05, 0.1) is 13.2 Å². The number of alkyl halides is 2. The predicted molar refractivity (Wildman–Crippen MR) is 313 cm³/mol. The van der Waals surface area contributed by atoms with Crippen molar-refractivity contribution in [2.75, 3.05) is 13.2 Å². The number of aryl methyl sites for hydroxylation is 1. The fourth-order valence-electron chi connectivity index (χ4n) is 6.33. The molecule has 0 spiro atoms. The van der Waals surface area contributed by atoms with Crippen molar-refractivity contribution in [3.8, 4) is 0 Å². The first kappa shape index (κ1) is 78.5. The van der Waals surface area contributed by atoms with Gasteiger partial charge in [-0.05, 0) is 60.8 Å². The highest BCUT2D eigenvalue weighted by Gasteiger charge is 2.30. The van der Waals surface area contributed by atoms with Gasteiger partial charge in [0.15, 0.2) is 0 Å². The molecule has 414 valence electrons. The fraction of sp³-hybridized carbons (Fsp3) is 0.908. The maximum Gasteiger partial charge on any atom is 0.235 e. The summed E-state index contributed by atoms with van der Waals surface area (Å²) in [5, 5.41) is 0. The highest BCUT2D eigenvalue weighted by molar-refractivity contribution is 5.13. The molecule has 0 N–H and O–H groups in total. The molecule has 6 fully saturated rings. The molecule has 1 nitrogen and oxygen atoms in total. The molecule has 5 aliphatic carbocycles. The molecule has 1 aromatic rings. The smallest absolute Gasteiger partial charge is 0.235 e. The summed E-state index contributed by atoms with van der Waals surface area (Å²) in [5.74, 6) is 6.35. The minimum Gasteiger partial charge on any atom is -0.380 e. The van der Waals surface area contributed by atoms with Crippen molar-refractivity contribution < 1.29 is 13.5 Å².